The summed E-state index contributed by atoms with van der Waals surface area (Å²) in [5, 5.41) is 3.32. The Morgan fingerprint density at radius 2 is 1.68 bits per heavy atom. The summed E-state index contributed by atoms with van der Waals surface area (Å²) in [5.74, 6) is -0.721. The molecule has 2 atom stereocenters. The molecule has 1 amide bonds. The van der Waals surface area contributed by atoms with Crippen molar-refractivity contribution >= 4 is 15.9 Å². The molecule has 0 unspecified atom stereocenters. The summed E-state index contributed by atoms with van der Waals surface area (Å²) in [6.45, 7) is 9.49. The van der Waals surface area contributed by atoms with E-state index in [-0.39, 0.29) is 18.0 Å². The minimum Gasteiger partial charge on any atom is -0.339 e. The maximum Gasteiger partial charge on any atom is 0.239 e. The highest BCUT2D eigenvalue weighted by Crippen LogP contribution is 2.08. The molecule has 1 N–H and O–H groups in total. The Balaban J connectivity index is 2.69. The molecule has 112 valence electrons. The first-order chi connectivity index (χ1) is 8.80. The lowest BCUT2D eigenvalue weighted by molar-refractivity contribution is -0.130. The summed E-state index contributed by atoms with van der Waals surface area (Å²) in [5.41, 5.74) is 0. The fourth-order valence-electron chi connectivity index (χ4n) is 2.49. The van der Waals surface area contributed by atoms with Crippen LogP contribution >= 0.6 is 0 Å². The van der Waals surface area contributed by atoms with E-state index in [1.807, 2.05) is 13.8 Å². The van der Waals surface area contributed by atoms with Gasteiger partial charge < -0.3 is 10.2 Å². The van der Waals surface area contributed by atoms with Gasteiger partial charge >= 0.3 is 0 Å². The topological polar surface area (TPSA) is 69.7 Å². The summed E-state index contributed by atoms with van der Waals surface area (Å²) in [4.78, 5) is 13.8. The third-order valence-corrected chi connectivity index (χ3v) is 5.23. The molecule has 0 aromatic heterocycles. The summed E-state index contributed by atoms with van der Waals surface area (Å²) in [7, 11) is -3.48. The number of amides is 1. The standard InChI is InChI=1S/C12H25N3O3S/c1-5-15(6-2)19(17,18)9-12(16)14-7-10(3)13-11(4)8-14/h10-11,13H,5-9H2,1-4H3/t10-,11+. The Kier molecular flexibility index (Phi) is 5.76. The van der Waals surface area contributed by atoms with Gasteiger partial charge in [0.05, 0.1) is 0 Å². The van der Waals surface area contributed by atoms with Gasteiger partial charge in [0.2, 0.25) is 15.9 Å². The van der Waals surface area contributed by atoms with Gasteiger partial charge in [-0.1, -0.05) is 13.8 Å². The average molecular weight is 291 g/mol. The molecule has 0 aliphatic carbocycles. The van der Waals surface area contributed by atoms with E-state index >= 15 is 0 Å². The van der Waals surface area contributed by atoms with E-state index in [0.717, 1.165) is 0 Å². The highest BCUT2D eigenvalue weighted by molar-refractivity contribution is 7.89. The Morgan fingerprint density at radius 1 is 1.21 bits per heavy atom. The molecule has 1 saturated heterocycles. The lowest BCUT2D eigenvalue weighted by atomic mass is 10.1. The van der Waals surface area contributed by atoms with Crippen molar-refractivity contribution in [3.63, 3.8) is 0 Å². The van der Waals surface area contributed by atoms with Crippen LogP contribution in [0.25, 0.3) is 0 Å². The molecule has 1 rings (SSSR count). The van der Waals surface area contributed by atoms with Crippen molar-refractivity contribution < 1.29 is 13.2 Å². The van der Waals surface area contributed by atoms with Crippen LogP contribution in [0, 0.1) is 0 Å². The second-order valence-corrected chi connectivity index (χ2v) is 7.08. The quantitative estimate of drug-likeness (QED) is 0.766. The first kappa shape index (κ1) is 16.4. The van der Waals surface area contributed by atoms with Crippen LogP contribution in [0.3, 0.4) is 0 Å². The van der Waals surface area contributed by atoms with Gasteiger partial charge in [0.15, 0.2) is 0 Å². The van der Waals surface area contributed by atoms with Gasteiger partial charge in [0.25, 0.3) is 0 Å². The minimum atomic E-state index is -3.48. The molecular formula is C12H25N3O3S. The Hall–Kier alpha value is -0.660. The highest BCUT2D eigenvalue weighted by Gasteiger charge is 2.29. The number of hydrogen-bond acceptors (Lipinski definition) is 4. The molecule has 0 aromatic rings. The zero-order valence-corrected chi connectivity index (χ0v) is 13.0. The summed E-state index contributed by atoms with van der Waals surface area (Å²) in [6.07, 6.45) is 0. The second-order valence-electron chi connectivity index (χ2n) is 5.11. The van der Waals surface area contributed by atoms with Gasteiger partial charge in [0.1, 0.15) is 5.75 Å². The van der Waals surface area contributed by atoms with Crippen LogP contribution in [0.4, 0.5) is 0 Å². The number of hydrogen-bond donors (Lipinski definition) is 1. The number of nitrogens with one attached hydrogen (secondary N) is 1. The van der Waals surface area contributed by atoms with Crippen LogP contribution in [0.1, 0.15) is 27.7 Å². The van der Waals surface area contributed by atoms with Gasteiger partial charge in [-0.3, -0.25) is 4.79 Å². The van der Waals surface area contributed by atoms with Gasteiger partial charge in [-0.2, -0.15) is 0 Å². The van der Waals surface area contributed by atoms with Crippen molar-refractivity contribution in [2.24, 2.45) is 0 Å². The van der Waals surface area contributed by atoms with Crippen LogP contribution in [0.15, 0.2) is 0 Å². The van der Waals surface area contributed by atoms with Crippen molar-refractivity contribution in [2.75, 3.05) is 31.9 Å². The monoisotopic (exact) mass is 291 g/mol. The van der Waals surface area contributed by atoms with E-state index in [9.17, 15) is 13.2 Å². The fourth-order valence-corrected chi connectivity index (χ4v) is 3.95. The highest BCUT2D eigenvalue weighted by atomic mass is 32.2. The Bertz CT molecular complexity index is 396. The molecule has 1 aliphatic heterocycles. The van der Waals surface area contributed by atoms with Crippen molar-refractivity contribution in [2.45, 2.75) is 39.8 Å². The number of sulfonamides is 1. The molecule has 7 heteroatoms. The smallest absolute Gasteiger partial charge is 0.239 e. The first-order valence-corrected chi connectivity index (χ1v) is 8.42. The minimum absolute atomic E-state index is 0.198. The van der Waals surface area contributed by atoms with Gasteiger partial charge in [-0.25, -0.2) is 12.7 Å². The third-order valence-electron chi connectivity index (χ3n) is 3.31. The average Bonchev–Trinajstić information content (AvgIpc) is 2.28. The van der Waals surface area contributed by atoms with E-state index in [4.69, 9.17) is 0 Å². The summed E-state index contributed by atoms with van der Waals surface area (Å²) >= 11 is 0. The summed E-state index contributed by atoms with van der Waals surface area (Å²) in [6, 6.07) is 0.396. The van der Waals surface area contributed by atoms with Crippen LogP contribution in [0.5, 0.6) is 0 Å². The number of nitrogens with zero attached hydrogens (tertiary/aromatic N) is 2. The molecule has 0 radical (unpaired) electrons. The van der Waals surface area contributed by atoms with Crippen molar-refractivity contribution in [3.8, 4) is 0 Å². The Morgan fingerprint density at radius 3 is 2.11 bits per heavy atom. The zero-order valence-electron chi connectivity index (χ0n) is 12.2. The number of piperazine rings is 1. The zero-order chi connectivity index (χ0) is 14.6. The van der Waals surface area contributed by atoms with Gasteiger partial charge in [0, 0.05) is 38.3 Å². The van der Waals surface area contributed by atoms with Crippen LogP contribution in [0.2, 0.25) is 0 Å². The van der Waals surface area contributed by atoms with Gasteiger partial charge in [-0.15, -0.1) is 0 Å². The van der Waals surface area contributed by atoms with E-state index in [1.165, 1.54) is 4.31 Å². The molecule has 19 heavy (non-hydrogen) atoms. The molecule has 0 spiro atoms. The lowest BCUT2D eigenvalue weighted by Gasteiger charge is -2.36. The number of carbonyl (C=O) groups is 1. The fraction of sp³-hybridized carbons (Fsp3) is 0.917. The largest absolute Gasteiger partial charge is 0.339 e. The second kappa shape index (κ2) is 6.67. The molecule has 0 saturated carbocycles. The van der Waals surface area contributed by atoms with Crippen molar-refractivity contribution in [1.82, 2.24) is 14.5 Å². The number of rotatable bonds is 5. The molecule has 0 bridgehead atoms. The Labute approximate surface area is 116 Å². The molecule has 1 fully saturated rings. The van der Waals surface area contributed by atoms with Crippen molar-refractivity contribution in [1.29, 1.82) is 0 Å². The number of carbonyl (C=O) groups excluding carboxylic acids is 1. The van der Waals surface area contributed by atoms with Crippen LogP contribution < -0.4 is 5.32 Å². The lowest BCUT2D eigenvalue weighted by Crippen LogP contribution is -2.57. The van der Waals surface area contributed by atoms with Gasteiger partial charge in [-0.05, 0) is 13.8 Å². The van der Waals surface area contributed by atoms with Crippen LogP contribution in [-0.4, -0.2) is 67.5 Å². The third kappa shape index (κ3) is 4.43. The maximum absolute atomic E-state index is 12.1. The molecular weight excluding hydrogens is 266 g/mol. The van der Waals surface area contributed by atoms with E-state index in [2.05, 4.69) is 5.32 Å². The van der Waals surface area contributed by atoms with Crippen molar-refractivity contribution in [3.05, 3.63) is 0 Å². The predicted octanol–water partition coefficient (Wildman–Crippen LogP) is -0.133. The summed E-state index contributed by atoms with van der Waals surface area (Å²) < 4.78 is 25.5. The van der Waals surface area contributed by atoms with E-state index in [0.29, 0.717) is 26.2 Å². The van der Waals surface area contributed by atoms with E-state index < -0.39 is 15.8 Å². The predicted molar refractivity (Wildman–Crippen MR) is 75.3 cm³/mol. The van der Waals surface area contributed by atoms with Crippen LogP contribution in [-0.2, 0) is 14.8 Å². The molecule has 1 heterocycles. The van der Waals surface area contributed by atoms with E-state index in [1.54, 1.807) is 18.7 Å². The normalized spacial score (nSPS) is 24.8. The molecule has 6 nitrogen and oxygen atoms in total. The molecule has 1 aliphatic rings. The first-order valence-electron chi connectivity index (χ1n) is 6.81. The molecule has 0 aromatic carbocycles. The SMILES string of the molecule is CCN(CC)S(=O)(=O)CC(=O)N1C[C@@H](C)N[C@@H](C)C1. The maximum atomic E-state index is 12.1.